The first-order valence-corrected chi connectivity index (χ1v) is 11.5. The minimum absolute atomic E-state index is 0.0605. The number of hydrogen-bond acceptors (Lipinski definition) is 3. The average molecular weight is 431 g/mol. The molecule has 1 fully saturated rings. The third-order valence-electron chi connectivity index (χ3n) is 6.35. The van der Waals surface area contributed by atoms with Crippen LogP contribution >= 0.6 is 0 Å². The third-order valence-corrected chi connectivity index (χ3v) is 6.35. The molecule has 4 heteroatoms. The molecule has 3 aromatic rings. The van der Waals surface area contributed by atoms with E-state index in [-0.39, 0.29) is 18.0 Å². The van der Waals surface area contributed by atoms with Gasteiger partial charge in [0.15, 0.2) is 0 Å². The van der Waals surface area contributed by atoms with Crippen molar-refractivity contribution < 1.29 is 19.2 Å². The number of carbonyl (C=O) groups is 1. The minimum Gasteiger partial charge on any atom is -0.497 e. The molecule has 0 aromatic heterocycles. The highest BCUT2D eigenvalue weighted by Gasteiger charge is 2.33. The van der Waals surface area contributed by atoms with Crippen molar-refractivity contribution in [1.29, 1.82) is 0 Å². The fourth-order valence-electron chi connectivity index (χ4n) is 4.60. The van der Waals surface area contributed by atoms with E-state index < -0.39 is 0 Å². The Labute approximate surface area is 190 Å². The van der Waals surface area contributed by atoms with Crippen LogP contribution in [0.4, 0.5) is 0 Å². The molecule has 0 bridgehead atoms. The number of quaternary nitrogens is 1. The zero-order chi connectivity index (χ0) is 22.2. The predicted octanol–water partition coefficient (Wildman–Crippen LogP) is 4.45. The molecule has 166 valence electrons. The van der Waals surface area contributed by atoms with Gasteiger partial charge < -0.3 is 14.4 Å². The van der Waals surface area contributed by atoms with Gasteiger partial charge in [0.25, 0.3) is 0 Å². The number of rotatable bonds is 8. The summed E-state index contributed by atoms with van der Waals surface area (Å²) in [5.41, 5.74) is 2.76. The SMILES string of the molecule is COc1ccc([C@@H](OC(=O)c2ccccc2)[C@@H](C[NH+]2CCCCC2)c2ccccc2)cc1. The normalized spacial score (nSPS) is 16.2. The Hall–Kier alpha value is -3.11. The molecule has 0 aliphatic carbocycles. The molecule has 32 heavy (non-hydrogen) atoms. The molecule has 1 heterocycles. The van der Waals surface area contributed by atoms with E-state index in [4.69, 9.17) is 9.47 Å². The molecule has 3 aromatic carbocycles. The lowest BCUT2D eigenvalue weighted by Crippen LogP contribution is -3.13. The number of esters is 1. The molecule has 0 unspecified atom stereocenters. The van der Waals surface area contributed by atoms with Crippen LogP contribution in [0.2, 0.25) is 0 Å². The van der Waals surface area contributed by atoms with Gasteiger partial charge in [0.2, 0.25) is 0 Å². The molecular formula is C28H32NO3+. The second kappa shape index (κ2) is 11.0. The van der Waals surface area contributed by atoms with Crippen molar-refractivity contribution in [3.05, 3.63) is 102 Å². The van der Waals surface area contributed by atoms with E-state index in [0.29, 0.717) is 5.56 Å². The maximum absolute atomic E-state index is 13.1. The van der Waals surface area contributed by atoms with E-state index >= 15 is 0 Å². The molecule has 0 radical (unpaired) electrons. The number of piperidine rings is 1. The monoisotopic (exact) mass is 430 g/mol. The maximum atomic E-state index is 13.1. The second-order valence-corrected chi connectivity index (χ2v) is 8.50. The van der Waals surface area contributed by atoms with Crippen LogP contribution in [0.1, 0.15) is 52.8 Å². The van der Waals surface area contributed by atoms with Gasteiger partial charge in [-0.1, -0.05) is 60.7 Å². The lowest BCUT2D eigenvalue weighted by molar-refractivity contribution is -0.906. The van der Waals surface area contributed by atoms with Crippen molar-refractivity contribution in [1.82, 2.24) is 0 Å². The highest BCUT2D eigenvalue weighted by atomic mass is 16.5. The van der Waals surface area contributed by atoms with Crippen molar-refractivity contribution in [2.24, 2.45) is 0 Å². The number of ether oxygens (including phenoxy) is 2. The summed E-state index contributed by atoms with van der Waals surface area (Å²) >= 11 is 0. The Bertz CT molecular complexity index is 967. The summed E-state index contributed by atoms with van der Waals surface area (Å²) in [6.45, 7) is 3.28. The number of benzene rings is 3. The number of hydrogen-bond donors (Lipinski definition) is 1. The summed E-state index contributed by atoms with van der Waals surface area (Å²) in [5.74, 6) is 0.561. The topological polar surface area (TPSA) is 40.0 Å². The molecule has 1 aliphatic rings. The van der Waals surface area contributed by atoms with Crippen LogP contribution in [-0.4, -0.2) is 32.7 Å². The first-order valence-electron chi connectivity index (χ1n) is 11.5. The zero-order valence-electron chi connectivity index (χ0n) is 18.7. The van der Waals surface area contributed by atoms with Gasteiger partial charge in [-0.15, -0.1) is 0 Å². The number of methoxy groups -OCH3 is 1. The summed E-state index contributed by atoms with van der Waals surface area (Å²) in [6.07, 6.45) is 3.44. The number of nitrogens with one attached hydrogen (secondary N) is 1. The summed E-state index contributed by atoms with van der Waals surface area (Å²) in [4.78, 5) is 14.7. The third kappa shape index (κ3) is 5.57. The molecule has 2 atom stereocenters. The standard InChI is InChI=1S/C28H31NO3/c1-31-25-17-15-23(16-18-25)27(32-28(30)24-13-7-3-8-14-24)26(22-11-5-2-6-12-22)21-29-19-9-4-10-20-29/h2-3,5-8,11-18,26-27H,4,9-10,19-21H2,1H3/p+1/t26-,27+/m0/s1. The van der Waals surface area contributed by atoms with Crippen LogP contribution in [0.15, 0.2) is 84.9 Å². The smallest absolute Gasteiger partial charge is 0.338 e. The van der Waals surface area contributed by atoms with Crippen molar-refractivity contribution in [3.63, 3.8) is 0 Å². The van der Waals surface area contributed by atoms with Crippen molar-refractivity contribution >= 4 is 5.97 Å². The van der Waals surface area contributed by atoms with E-state index in [1.165, 1.54) is 37.9 Å². The van der Waals surface area contributed by atoms with Gasteiger partial charge in [-0.2, -0.15) is 0 Å². The van der Waals surface area contributed by atoms with Crippen molar-refractivity contribution in [3.8, 4) is 5.75 Å². The van der Waals surface area contributed by atoms with Gasteiger partial charge in [-0.05, 0) is 54.7 Å². The van der Waals surface area contributed by atoms with Crippen LogP contribution in [-0.2, 0) is 4.74 Å². The second-order valence-electron chi connectivity index (χ2n) is 8.50. The summed E-state index contributed by atoms with van der Waals surface area (Å²) in [6, 6.07) is 27.6. The Morgan fingerprint density at radius 1 is 0.812 bits per heavy atom. The van der Waals surface area contributed by atoms with Gasteiger partial charge in [0, 0.05) is 0 Å². The summed E-state index contributed by atoms with van der Waals surface area (Å²) < 4.78 is 11.6. The lowest BCUT2D eigenvalue weighted by Gasteiger charge is -2.32. The van der Waals surface area contributed by atoms with E-state index in [0.717, 1.165) is 17.9 Å². The molecule has 1 aliphatic heterocycles. The zero-order valence-corrected chi connectivity index (χ0v) is 18.7. The first kappa shape index (κ1) is 22.1. The Morgan fingerprint density at radius 2 is 1.44 bits per heavy atom. The largest absolute Gasteiger partial charge is 0.497 e. The van der Waals surface area contributed by atoms with E-state index in [9.17, 15) is 4.79 Å². The molecule has 4 rings (SSSR count). The molecule has 1 N–H and O–H groups in total. The fourth-order valence-corrected chi connectivity index (χ4v) is 4.60. The van der Waals surface area contributed by atoms with Crippen LogP contribution in [0, 0.1) is 0 Å². The highest BCUT2D eigenvalue weighted by Crippen LogP contribution is 2.35. The van der Waals surface area contributed by atoms with Crippen LogP contribution in [0.25, 0.3) is 0 Å². The maximum Gasteiger partial charge on any atom is 0.338 e. The Kier molecular flexibility index (Phi) is 7.57. The minimum atomic E-state index is -0.384. The number of carbonyl (C=O) groups excluding carboxylic acids is 1. The fraction of sp³-hybridized carbons (Fsp3) is 0.321. The van der Waals surface area contributed by atoms with Crippen molar-refractivity contribution in [2.75, 3.05) is 26.7 Å². The van der Waals surface area contributed by atoms with Gasteiger partial charge in [0.05, 0.1) is 38.2 Å². The molecular weight excluding hydrogens is 398 g/mol. The molecule has 0 saturated carbocycles. The highest BCUT2D eigenvalue weighted by molar-refractivity contribution is 5.89. The summed E-state index contributed by atoms with van der Waals surface area (Å²) in [5, 5.41) is 0. The van der Waals surface area contributed by atoms with Crippen molar-refractivity contribution in [2.45, 2.75) is 31.3 Å². The van der Waals surface area contributed by atoms with E-state index in [1.807, 2.05) is 48.5 Å². The molecule has 0 spiro atoms. The summed E-state index contributed by atoms with van der Waals surface area (Å²) in [7, 11) is 1.66. The number of likely N-dealkylation sites (tertiary alicyclic amines) is 1. The Balaban J connectivity index is 1.69. The van der Waals surface area contributed by atoms with E-state index in [1.54, 1.807) is 24.1 Å². The molecule has 0 amide bonds. The van der Waals surface area contributed by atoms with Gasteiger partial charge in [-0.3, -0.25) is 0 Å². The Morgan fingerprint density at radius 3 is 2.06 bits per heavy atom. The van der Waals surface area contributed by atoms with Gasteiger partial charge >= 0.3 is 5.97 Å². The molecule has 1 saturated heterocycles. The predicted molar refractivity (Wildman–Crippen MR) is 126 cm³/mol. The first-order chi connectivity index (χ1) is 15.7. The average Bonchev–Trinajstić information content (AvgIpc) is 2.88. The van der Waals surface area contributed by atoms with Crippen LogP contribution in [0.3, 0.4) is 0 Å². The quantitative estimate of drug-likeness (QED) is 0.537. The van der Waals surface area contributed by atoms with Crippen LogP contribution < -0.4 is 9.64 Å². The van der Waals surface area contributed by atoms with Crippen LogP contribution in [0.5, 0.6) is 5.75 Å². The lowest BCUT2D eigenvalue weighted by atomic mass is 9.87. The molecule has 4 nitrogen and oxygen atoms in total. The van der Waals surface area contributed by atoms with E-state index in [2.05, 4.69) is 24.3 Å². The van der Waals surface area contributed by atoms with Gasteiger partial charge in [-0.25, -0.2) is 4.79 Å². The van der Waals surface area contributed by atoms with Gasteiger partial charge in [0.1, 0.15) is 11.9 Å².